The Hall–Kier alpha value is -3.03. The van der Waals surface area contributed by atoms with Gasteiger partial charge in [0.15, 0.2) is 5.96 Å². The largest absolute Gasteiger partial charge is 0.497 e. The molecular formula is C16H21N5O3. The number of nitrogens with zero attached hydrogens (tertiary/aromatic N) is 2. The highest BCUT2D eigenvalue weighted by molar-refractivity contribution is 6.05. The fourth-order valence-electron chi connectivity index (χ4n) is 2.26. The van der Waals surface area contributed by atoms with E-state index in [2.05, 4.69) is 10.3 Å². The van der Waals surface area contributed by atoms with Crippen LogP contribution in [0.4, 0.5) is 4.79 Å². The lowest BCUT2D eigenvalue weighted by Gasteiger charge is -2.07. The van der Waals surface area contributed by atoms with Crippen molar-refractivity contribution < 1.29 is 14.3 Å². The number of guanidine groups is 1. The third-order valence-corrected chi connectivity index (χ3v) is 3.53. The molecule has 1 atom stereocenters. The number of carbonyl (C=O) groups is 2. The third kappa shape index (κ3) is 4.48. The zero-order valence-electron chi connectivity index (χ0n) is 13.4. The Balaban J connectivity index is 1.93. The first-order chi connectivity index (χ1) is 11.5. The van der Waals surface area contributed by atoms with Crippen LogP contribution < -0.4 is 21.5 Å². The van der Waals surface area contributed by atoms with Crippen molar-refractivity contribution in [3.05, 3.63) is 36.0 Å². The standard InChI is InChI=1S/C16H21N5O3/c1-24-12-6-4-11(5-7-12)8-10-21-14(22)13(20-16(21)23)3-2-9-19-15(17)18/h4-8,10,13H,2-3,9H2,1H3,(H,20,23)(H4,17,18,19). The molecule has 0 radical (unpaired) electrons. The van der Waals surface area contributed by atoms with E-state index in [-0.39, 0.29) is 11.9 Å². The van der Waals surface area contributed by atoms with E-state index in [1.165, 1.54) is 6.20 Å². The van der Waals surface area contributed by atoms with Crippen LogP contribution in [-0.2, 0) is 4.79 Å². The van der Waals surface area contributed by atoms with Crippen LogP contribution in [0.25, 0.3) is 6.08 Å². The number of hydrogen-bond acceptors (Lipinski definition) is 4. The lowest BCUT2D eigenvalue weighted by molar-refractivity contribution is -0.125. The second kappa shape index (κ2) is 8.00. The number of methoxy groups -OCH3 is 1. The average molecular weight is 331 g/mol. The fraction of sp³-hybridized carbons (Fsp3) is 0.312. The monoisotopic (exact) mass is 331 g/mol. The van der Waals surface area contributed by atoms with Gasteiger partial charge in [0.2, 0.25) is 0 Å². The lowest BCUT2D eigenvalue weighted by atomic mass is 10.1. The molecule has 2 rings (SSSR count). The number of urea groups is 1. The summed E-state index contributed by atoms with van der Waals surface area (Å²) in [7, 11) is 1.59. The highest BCUT2D eigenvalue weighted by atomic mass is 16.5. The Morgan fingerprint density at radius 1 is 1.33 bits per heavy atom. The van der Waals surface area contributed by atoms with Crippen molar-refractivity contribution in [1.82, 2.24) is 10.2 Å². The summed E-state index contributed by atoms with van der Waals surface area (Å²) < 4.78 is 5.08. The van der Waals surface area contributed by atoms with Crippen LogP contribution in [0.2, 0.25) is 0 Å². The smallest absolute Gasteiger partial charge is 0.328 e. The normalized spacial score (nSPS) is 17.2. The van der Waals surface area contributed by atoms with Gasteiger partial charge < -0.3 is 21.5 Å². The van der Waals surface area contributed by atoms with Crippen LogP contribution in [0.3, 0.4) is 0 Å². The van der Waals surface area contributed by atoms with Gasteiger partial charge in [-0.15, -0.1) is 0 Å². The SMILES string of the molecule is COc1ccc(C=CN2C(=O)NC(CCCN=C(N)N)C2=O)cc1. The number of hydrogen-bond donors (Lipinski definition) is 3. The van der Waals surface area contributed by atoms with Gasteiger partial charge in [-0.05, 0) is 36.6 Å². The first kappa shape index (κ1) is 17.3. The number of carbonyl (C=O) groups excluding carboxylic acids is 2. The van der Waals surface area contributed by atoms with Crippen LogP contribution in [-0.4, -0.2) is 42.5 Å². The Morgan fingerprint density at radius 3 is 2.67 bits per heavy atom. The van der Waals surface area contributed by atoms with E-state index < -0.39 is 12.1 Å². The molecule has 0 aromatic heterocycles. The molecule has 5 N–H and O–H groups in total. The number of rotatable bonds is 7. The molecule has 1 saturated heterocycles. The summed E-state index contributed by atoms with van der Waals surface area (Å²) in [6.45, 7) is 0.420. The minimum atomic E-state index is -0.549. The van der Waals surface area contributed by atoms with E-state index in [1.54, 1.807) is 25.3 Å². The molecule has 8 nitrogen and oxygen atoms in total. The molecule has 1 aliphatic heterocycles. The predicted molar refractivity (Wildman–Crippen MR) is 91.1 cm³/mol. The zero-order valence-corrected chi connectivity index (χ0v) is 13.4. The molecule has 0 bridgehead atoms. The molecule has 3 amide bonds. The molecular weight excluding hydrogens is 310 g/mol. The molecule has 1 aromatic carbocycles. The van der Waals surface area contributed by atoms with Crippen molar-refractivity contribution in [3.63, 3.8) is 0 Å². The van der Waals surface area contributed by atoms with E-state index >= 15 is 0 Å². The summed E-state index contributed by atoms with van der Waals surface area (Å²) in [5.74, 6) is 0.471. The van der Waals surface area contributed by atoms with Crippen LogP contribution >= 0.6 is 0 Å². The number of benzene rings is 1. The van der Waals surface area contributed by atoms with Crippen molar-refractivity contribution in [2.45, 2.75) is 18.9 Å². The molecule has 128 valence electrons. The van der Waals surface area contributed by atoms with Crippen molar-refractivity contribution in [2.24, 2.45) is 16.5 Å². The highest BCUT2D eigenvalue weighted by Gasteiger charge is 2.36. The first-order valence-corrected chi connectivity index (χ1v) is 7.52. The second-order valence-corrected chi connectivity index (χ2v) is 5.25. The number of amides is 3. The Labute approximate surface area is 140 Å². The number of imide groups is 1. The topological polar surface area (TPSA) is 123 Å². The molecule has 1 aromatic rings. The molecule has 1 heterocycles. The molecule has 8 heteroatoms. The Kier molecular flexibility index (Phi) is 5.78. The average Bonchev–Trinajstić information content (AvgIpc) is 2.84. The van der Waals surface area contributed by atoms with Gasteiger partial charge in [-0.1, -0.05) is 12.1 Å². The van der Waals surface area contributed by atoms with Crippen molar-refractivity contribution >= 4 is 24.0 Å². The predicted octanol–water partition coefficient (Wildman–Crippen LogP) is 0.640. The maximum absolute atomic E-state index is 12.3. The van der Waals surface area contributed by atoms with Crippen LogP contribution in [0.15, 0.2) is 35.5 Å². The maximum Gasteiger partial charge on any atom is 0.328 e. The molecule has 1 unspecified atom stereocenters. The van der Waals surface area contributed by atoms with E-state index in [4.69, 9.17) is 16.2 Å². The summed E-state index contributed by atoms with van der Waals surface area (Å²) in [6, 6.07) is 6.29. The third-order valence-electron chi connectivity index (χ3n) is 3.53. The Bertz CT molecular complexity index is 650. The maximum atomic E-state index is 12.3. The molecule has 0 spiro atoms. The first-order valence-electron chi connectivity index (χ1n) is 7.52. The van der Waals surface area contributed by atoms with Gasteiger partial charge >= 0.3 is 6.03 Å². The van der Waals surface area contributed by atoms with Crippen LogP contribution in [0, 0.1) is 0 Å². The van der Waals surface area contributed by atoms with Crippen LogP contribution in [0.5, 0.6) is 5.75 Å². The van der Waals surface area contributed by atoms with Gasteiger partial charge in [-0.2, -0.15) is 0 Å². The van der Waals surface area contributed by atoms with E-state index in [0.29, 0.717) is 19.4 Å². The van der Waals surface area contributed by atoms with Gasteiger partial charge in [0.25, 0.3) is 5.91 Å². The van der Waals surface area contributed by atoms with Gasteiger partial charge in [0.1, 0.15) is 11.8 Å². The highest BCUT2D eigenvalue weighted by Crippen LogP contribution is 2.15. The van der Waals surface area contributed by atoms with Crippen molar-refractivity contribution in [3.8, 4) is 5.75 Å². The van der Waals surface area contributed by atoms with Crippen molar-refractivity contribution in [2.75, 3.05) is 13.7 Å². The summed E-state index contributed by atoms with van der Waals surface area (Å²) in [6.07, 6.45) is 4.24. The molecule has 0 aliphatic carbocycles. The summed E-state index contributed by atoms with van der Waals surface area (Å²) in [5.41, 5.74) is 11.3. The summed E-state index contributed by atoms with van der Waals surface area (Å²) in [4.78, 5) is 29.1. The number of nitrogens with one attached hydrogen (secondary N) is 1. The van der Waals surface area contributed by atoms with Gasteiger partial charge in [-0.3, -0.25) is 9.79 Å². The van der Waals surface area contributed by atoms with Gasteiger partial charge in [-0.25, -0.2) is 9.69 Å². The van der Waals surface area contributed by atoms with E-state index in [9.17, 15) is 9.59 Å². The van der Waals surface area contributed by atoms with Gasteiger partial charge in [0, 0.05) is 12.7 Å². The summed E-state index contributed by atoms with van der Waals surface area (Å²) >= 11 is 0. The number of nitrogens with two attached hydrogens (primary N) is 2. The lowest BCUT2D eigenvalue weighted by Crippen LogP contribution is -2.29. The minimum Gasteiger partial charge on any atom is -0.497 e. The van der Waals surface area contributed by atoms with Crippen LogP contribution in [0.1, 0.15) is 18.4 Å². The molecule has 1 fully saturated rings. The molecule has 1 aliphatic rings. The fourth-order valence-corrected chi connectivity index (χ4v) is 2.26. The Morgan fingerprint density at radius 2 is 2.04 bits per heavy atom. The quantitative estimate of drug-likeness (QED) is 0.293. The minimum absolute atomic E-state index is 0.0147. The molecule has 24 heavy (non-hydrogen) atoms. The summed E-state index contributed by atoms with van der Waals surface area (Å²) in [5, 5.41) is 2.65. The van der Waals surface area contributed by atoms with E-state index in [0.717, 1.165) is 16.2 Å². The number of aliphatic imine (C=N–C) groups is 1. The number of ether oxygens (including phenoxy) is 1. The van der Waals surface area contributed by atoms with E-state index in [1.807, 2.05) is 12.1 Å². The zero-order chi connectivity index (χ0) is 17.5. The van der Waals surface area contributed by atoms with Crippen molar-refractivity contribution in [1.29, 1.82) is 0 Å². The molecule has 0 saturated carbocycles. The second-order valence-electron chi connectivity index (χ2n) is 5.25. The van der Waals surface area contributed by atoms with Gasteiger partial charge in [0.05, 0.1) is 7.11 Å².